The molecule has 0 aliphatic carbocycles. The minimum absolute atomic E-state index is 0.119. The van der Waals surface area contributed by atoms with Crippen molar-refractivity contribution >= 4 is 5.78 Å². The topological polar surface area (TPSA) is 54.0 Å². The Balaban J connectivity index is 1.66. The van der Waals surface area contributed by atoms with Gasteiger partial charge in [0.1, 0.15) is 12.2 Å². The molecule has 0 unspecified atom stereocenters. The summed E-state index contributed by atoms with van der Waals surface area (Å²) in [5.74, 6) is -0.119. The van der Waals surface area contributed by atoms with E-state index in [-0.39, 0.29) is 11.9 Å². The molecule has 0 saturated carbocycles. The van der Waals surface area contributed by atoms with E-state index in [1.54, 1.807) is 6.08 Å². The molecular weight excluding hydrogens is 272 g/mol. The Bertz CT molecular complexity index is 501. The highest BCUT2D eigenvalue weighted by Crippen LogP contribution is 2.29. The van der Waals surface area contributed by atoms with Crippen molar-refractivity contribution in [2.24, 2.45) is 0 Å². The van der Waals surface area contributed by atoms with Gasteiger partial charge in [0.25, 0.3) is 0 Å². The molecule has 0 N–H and O–H groups in total. The molecule has 1 aromatic rings. The van der Waals surface area contributed by atoms with Crippen molar-refractivity contribution in [2.75, 3.05) is 13.2 Å². The Morgan fingerprint density at radius 1 is 1.24 bits per heavy atom. The monoisotopic (exact) mass is 290 g/mol. The highest BCUT2D eigenvalue weighted by Gasteiger charge is 2.51. The van der Waals surface area contributed by atoms with Gasteiger partial charge in [0, 0.05) is 0 Å². The Hall–Kier alpha value is -1.53. The van der Waals surface area contributed by atoms with Crippen LogP contribution in [0.25, 0.3) is 0 Å². The molecule has 21 heavy (non-hydrogen) atoms. The number of ketones is 1. The normalized spacial score (nSPS) is 31.3. The van der Waals surface area contributed by atoms with Gasteiger partial charge in [0.2, 0.25) is 0 Å². The summed E-state index contributed by atoms with van der Waals surface area (Å²) in [4.78, 5) is 12.5. The Morgan fingerprint density at radius 2 is 2.05 bits per heavy atom. The molecule has 2 bridgehead atoms. The summed E-state index contributed by atoms with van der Waals surface area (Å²) >= 11 is 0. The number of carbonyl (C=O) groups is 1. The highest BCUT2D eigenvalue weighted by atomic mass is 16.8. The Morgan fingerprint density at radius 3 is 2.81 bits per heavy atom. The van der Waals surface area contributed by atoms with Crippen LogP contribution in [0, 0.1) is 0 Å². The summed E-state index contributed by atoms with van der Waals surface area (Å²) in [6.45, 7) is 4.57. The van der Waals surface area contributed by atoms with Crippen LogP contribution in [0.1, 0.15) is 5.56 Å². The van der Waals surface area contributed by atoms with Gasteiger partial charge >= 0.3 is 0 Å². The van der Waals surface area contributed by atoms with Crippen LogP contribution in [-0.2, 0) is 30.3 Å². The number of hydrogen-bond acceptors (Lipinski definition) is 5. The first-order valence-electron chi connectivity index (χ1n) is 6.98. The number of benzene rings is 1. The van der Waals surface area contributed by atoms with E-state index >= 15 is 0 Å². The first kappa shape index (κ1) is 14.4. The van der Waals surface area contributed by atoms with Crippen LogP contribution in [0.4, 0.5) is 0 Å². The Kier molecular flexibility index (Phi) is 4.45. The molecule has 5 nitrogen and oxygen atoms in total. The zero-order chi connectivity index (χ0) is 14.7. The molecule has 0 spiro atoms. The first-order chi connectivity index (χ1) is 10.3. The van der Waals surface area contributed by atoms with Gasteiger partial charge in [-0.1, -0.05) is 36.4 Å². The van der Waals surface area contributed by atoms with Crippen LogP contribution in [0.2, 0.25) is 0 Å². The van der Waals surface area contributed by atoms with Crippen LogP contribution >= 0.6 is 0 Å². The maximum absolute atomic E-state index is 12.5. The molecule has 2 aliphatic heterocycles. The average Bonchev–Trinajstić information content (AvgIpc) is 2.94. The molecule has 2 saturated heterocycles. The summed E-state index contributed by atoms with van der Waals surface area (Å²) in [6, 6.07) is 9.67. The minimum atomic E-state index is -0.751. The lowest BCUT2D eigenvalue weighted by molar-refractivity contribution is -0.204. The third-order valence-corrected chi connectivity index (χ3v) is 3.55. The van der Waals surface area contributed by atoms with Gasteiger partial charge in [-0.05, 0) is 5.56 Å². The van der Waals surface area contributed by atoms with Gasteiger partial charge in [-0.25, -0.2) is 0 Å². The fourth-order valence-corrected chi connectivity index (χ4v) is 2.52. The molecule has 2 heterocycles. The lowest BCUT2D eigenvalue weighted by Gasteiger charge is -2.31. The number of ether oxygens (including phenoxy) is 4. The van der Waals surface area contributed by atoms with Crippen molar-refractivity contribution in [1.82, 2.24) is 0 Å². The summed E-state index contributed by atoms with van der Waals surface area (Å²) < 4.78 is 22.4. The predicted molar refractivity (Wildman–Crippen MR) is 74.6 cm³/mol. The summed E-state index contributed by atoms with van der Waals surface area (Å²) in [5.41, 5.74) is 0.994. The largest absolute Gasteiger partial charge is 0.363 e. The van der Waals surface area contributed by atoms with Crippen LogP contribution in [0.3, 0.4) is 0 Å². The third kappa shape index (κ3) is 3.06. The molecule has 2 fully saturated rings. The maximum Gasteiger partial charge on any atom is 0.198 e. The van der Waals surface area contributed by atoms with Crippen LogP contribution < -0.4 is 0 Å². The van der Waals surface area contributed by atoms with E-state index in [1.807, 2.05) is 30.3 Å². The molecule has 0 aromatic heterocycles. The molecule has 2 aliphatic rings. The summed E-state index contributed by atoms with van der Waals surface area (Å²) in [7, 11) is 0. The maximum atomic E-state index is 12.5. The molecule has 4 atom stereocenters. The number of hydrogen-bond donors (Lipinski definition) is 0. The smallest absolute Gasteiger partial charge is 0.198 e. The second-order valence-corrected chi connectivity index (χ2v) is 5.04. The first-order valence-corrected chi connectivity index (χ1v) is 6.98. The molecule has 112 valence electrons. The van der Waals surface area contributed by atoms with Crippen molar-refractivity contribution in [3.63, 3.8) is 0 Å². The van der Waals surface area contributed by atoms with Gasteiger partial charge in [-0.15, -0.1) is 6.58 Å². The number of Topliss-reactive ketones (excluding diaryl/α,β-unsaturated/α-hetero) is 1. The Labute approximate surface area is 123 Å². The van der Waals surface area contributed by atoms with E-state index in [1.165, 1.54) is 0 Å². The number of fused-ring (bicyclic) bond motifs is 2. The fraction of sp³-hybridized carbons (Fsp3) is 0.438. The van der Waals surface area contributed by atoms with E-state index in [2.05, 4.69) is 6.58 Å². The van der Waals surface area contributed by atoms with Crippen molar-refractivity contribution in [1.29, 1.82) is 0 Å². The molecular formula is C16H18O5. The van der Waals surface area contributed by atoms with E-state index in [0.717, 1.165) is 5.56 Å². The second kappa shape index (κ2) is 6.49. The van der Waals surface area contributed by atoms with Crippen LogP contribution in [0.5, 0.6) is 0 Å². The van der Waals surface area contributed by atoms with E-state index in [0.29, 0.717) is 19.8 Å². The predicted octanol–water partition coefficient (Wildman–Crippen LogP) is 1.47. The highest BCUT2D eigenvalue weighted by molar-refractivity contribution is 5.89. The van der Waals surface area contributed by atoms with Crippen LogP contribution in [0.15, 0.2) is 43.0 Å². The van der Waals surface area contributed by atoms with Crippen molar-refractivity contribution in [3.05, 3.63) is 48.6 Å². The van der Waals surface area contributed by atoms with Crippen LogP contribution in [-0.4, -0.2) is 43.6 Å². The van der Waals surface area contributed by atoms with Crippen molar-refractivity contribution < 1.29 is 23.7 Å². The van der Waals surface area contributed by atoms with Gasteiger partial charge in [0.15, 0.2) is 18.2 Å². The van der Waals surface area contributed by atoms with Gasteiger partial charge in [-0.3, -0.25) is 4.79 Å². The lowest BCUT2D eigenvalue weighted by atomic mass is 10.0. The van der Waals surface area contributed by atoms with Gasteiger partial charge in [0.05, 0.1) is 19.8 Å². The molecule has 5 heteroatoms. The molecule has 3 rings (SSSR count). The minimum Gasteiger partial charge on any atom is -0.363 e. The summed E-state index contributed by atoms with van der Waals surface area (Å²) in [6.07, 6.45) is -0.773. The van der Waals surface area contributed by atoms with Gasteiger partial charge in [-0.2, -0.15) is 0 Å². The average molecular weight is 290 g/mol. The zero-order valence-corrected chi connectivity index (χ0v) is 11.6. The van der Waals surface area contributed by atoms with E-state index < -0.39 is 18.5 Å². The zero-order valence-electron chi connectivity index (χ0n) is 11.6. The van der Waals surface area contributed by atoms with Crippen molar-refractivity contribution in [2.45, 2.75) is 31.2 Å². The molecule has 0 radical (unpaired) electrons. The van der Waals surface area contributed by atoms with Gasteiger partial charge < -0.3 is 18.9 Å². The number of carbonyl (C=O) groups excluding carboxylic acids is 1. The molecule has 0 amide bonds. The standard InChI is InChI=1S/C16H18O5/c1-2-8-18-14-12-10-20-16(21-12)15(13(14)17)19-9-11-6-4-3-5-7-11/h2-7,12,14-16H,1,8-10H2/t12-,14+,15+,16-/m1/s1. The summed E-state index contributed by atoms with van der Waals surface area (Å²) in [5, 5.41) is 0. The van der Waals surface area contributed by atoms with E-state index in [9.17, 15) is 4.79 Å². The van der Waals surface area contributed by atoms with E-state index in [4.69, 9.17) is 18.9 Å². The van der Waals surface area contributed by atoms with Crippen molar-refractivity contribution in [3.8, 4) is 0 Å². The second-order valence-electron chi connectivity index (χ2n) is 5.04. The third-order valence-electron chi connectivity index (χ3n) is 3.55. The lowest BCUT2D eigenvalue weighted by Crippen LogP contribution is -2.52. The fourth-order valence-electron chi connectivity index (χ4n) is 2.52. The number of rotatable bonds is 6. The molecule has 1 aromatic carbocycles. The quantitative estimate of drug-likeness (QED) is 0.743. The SMILES string of the molecule is C=CCO[C@@H]1C(=O)[C@H](OCc2ccccc2)[C@@H]2OC[C@H]1O2.